The summed E-state index contributed by atoms with van der Waals surface area (Å²) in [6, 6.07) is 9.97. The van der Waals surface area contributed by atoms with Crippen molar-refractivity contribution >= 4 is 27.7 Å². The van der Waals surface area contributed by atoms with Crippen molar-refractivity contribution in [1.82, 2.24) is 14.9 Å². The van der Waals surface area contributed by atoms with Gasteiger partial charge in [0, 0.05) is 30.1 Å². The highest BCUT2D eigenvalue weighted by atomic mass is 16.2. The van der Waals surface area contributed by atoms with Crippen LogP contribution in [0.2, 0.25) is 0 Å². The number of likely N-dealkylation sites (tertiary alicyclic amines) is 1. The second-order valence-corrected chi connectivity index (χ2v) is 5.29. The third-order valence-corrected chi connectivity index (χ3v) is 3.99. The first kappa shape index (κ1) is 11.5. The minimum absolute atomic E-state index is 0.0998. The monoisotopic (exact) mass is 265 g/mol. The third kappa shape index (κ3) is 1.68. The van der Waals surface area contributed by atoms with E-state index in [1.165, 1.54) is 0 Å². The molecule has 100 valence electrons. The summed E-state index contributed by atoms with van der Waals surface area (Å²) in [4.78, 5) is 22.0. The summed E-state index contributed by atoms with van der Waals surface area (Å²) in [5.74, 6) is 0.0998. The van der Waals surface area contributed by atoms with Gasteiger partial charge in [-0.3, -0.25) is 9.78 Å². The molecular formula is C16H15N3O. The maximum absolute atomic E-state index is 12.4. The van der Waals surface area contributed by atoms with Crippen molar-refractivity contribution in [2.45, 2.75) is 12.8 Å². The van der Waals surface area contributed by atoms with Crippen LogP contribution in [0.4, 0.5) is 0 Å². The average molecular weight is 265 g/mol. The number of amides is 1. The van der Waals surface area contributed by atoms with Gasteiger partial charge >= 0.3 is 0 Å². The molecule has 1 aliphatic heterocycles. The predicted octanol–water partition coefficient (Wildman–Crippen LogP) is 2.95. The van der Waals surface area contributed by atoms with Gasteiger partial charge in [-0.15, -0.1) is 0 Å². The molecular weight excluding hydrogens is 250 g/mol. The molecule has 1 fully saturated rings. The molecule has 0 saturated carbocycles. The number of carbonyl (C=O) groups excluding carboxylic acids is 1. The van der Waals surface area contributed by atoms with Crippen molar-refractivity contribution in [2.24, 2.45) is 0 Å². The number of pyridine rings is 1. The molecule has 2 aromatic heterocycles. The Morgan fingerprint density at radius 2 is 1.95 bits per heavy atom. The van der Waals surface area contributed by atoms with E-state index in [1.807, 2.05) is 35.2 Å². The molecule has 4 rings (SSSR count). The molecule has 20 heavy (non-hydrogen) atoms. The summed E-state index contributed by atoms with van der Waals surface area (Å²) < 4.78 is 0. The van der Waals surface area contributed by atoms with Crippen molar-refractivity contribution in [1.29, 1.82) is 0 Å². The molecule has 4 nitrogen and oxygen atoms in total. The quantitative estimate of drug-likeness (QED) is 0.735. The summed E-state index contributed by atoms with van der Waals surface area (Å²) in [5.41, 5.74) is 2.54. The van der Waals surface area contributed by atoms with E-state index in [0.717, 1.165) is 47.7 Å². The Labute approximate surface area is 116 Å². The maximum atomic E-state index is 12.4. The Balaban J connectivity index is 1.85. The number of hydrogen-bond donors (Lipinski definition) is 1. The largest absolute Gasteiger partial charge is 0.349 e. The van der Waals surface area contributed by atoms with E-state index in [0.29, 0.717) is 5.69 Å². The zero-order chi connectivity index (χ0) is 13.5. The number of fused-ring (bicyclic) bond motifs is 3. The molecule has 0 atom stereocenters. The normalized spacial score (nSPS) is 15.3. The first-order chi connectivity index (χ1) is 9.83. The van der Waals surface area contributed by atoms with E-state index >= 15 is 0 Å². The highest BCUT2D eigenvalue weighted by Gasteiger charge is 2.21. The molecule has 0 bridgehead atoms. The lowest BCUT2D eigenvalue weighted by atomic mass is 10.1. The van der Waals surface area contributed by atoms with Crippen LogP contribution in [0.5, 0.6) is 0 Å². The van der Waals surface area contributed by atoms with E-state index in [9.17, 15) is 4.79 Å². The Morgan fingerprint density at radius 3 is 2.80 bits per heavy atom. The van der Waals surface area contributed by atoms with Crippen LogP contribution < -0.4 is 0 Å². The van der Waals surface area contributed by atoms with Gasteiger partial charge in [0.15, 0.2) is 0 Å². The molecule has 0 unspecified atom stereocenters. The number of nitrogens with zero attached hydrogens (tertiary/aromatic N) is 2. The van der Waals surface area contributed by atoms with Gasteiger partial charge in [0.05, 0.1) is 11.0 Å². The standard InChI is InChI=1S/C16H15N3O/c20-16(19-8-1-2-9-19)13-10-12-6-5-11-4-3-7-17-14(11)15(12)18-13/h3-7,10,18H,1-2,8-9H2. The SMILES string of the molecule is O=C(c1cc2ccc3cccnc3c2[nH]1)N1CCCC1. The zero-order valence-electron chi connectivity index (χ0n) is 11.1. The number of aromatic nitrogens is 2. The first-order valence-electron chi connectivity index (χ1n) is 6.99. The highest BCUT2D eigenvalue weighted by molar-refractivity contribution is 6.07. The number of hydrogen-bond acceptors (Lipinski definition) is 2. The number of benzene rings is 1. The van der Waals surface area contributed by atoms with Crippen molar-refractivity contribution in [3.05, 3.63) is 42.2 Å². The third-order valence-electron chi connectivity index (χ3n) is 3.99. The summed E-state index contributed by atoms with van der Waals surface area (Å²) >= 11 is 0. The van der Waals surface area contributed by atoms with Crippen LogP contribution in [-0.4, -0.2) is 33.9 Å². The number of carbonyl (C=O) groups is 1. The van der Waals surface area contributed by atoms with E-state index in [2.05, 4.69) is 9.97 Å². The van der Waals surface area contributed by atoms with Gasteiger partial charge in [-0.1, -0.05) is 18.2 Å². The first-order valence-corrected chi connectivity index (χ1v) is 6.99. The summed E-state index contributed by atoms with van der Waals surface area (Å²) in [5, 5.41) is 2.13. The van der Waals surface area contributed by atoms with Gasteiger partial charge in [-0.2, -0.15) is 0 Å². The smallest absolute Gasteiger partial charge is 0.270 e. The molecule has 0 radical (unpaired) electrons. The van der Waals surface area contributed by atoms with Gasteiger partial charge < -0.3 is 9.88 Å². The van der Waals surface area contributed by atoms with E-state index < -0.39 is 0 Å². The lowest BCUT2D eigenvalue weighted by Crippen LogP contribution is -2.27. The minimum atomic E-state index is 0.0998. The maximum Gasteiger partial charge on any atom is 0.270 e. The van der Waals surface area contributed by atoms with Gasteiger partial charge in [0.1, 0.15) is 5.69 Å². The lowest BCUT2D eigenvalue weighted by molar-refractivity contribution is 0.0788. The minimum Gasteiger partial charge on any atom is -0.349 e. The average Bonchev–Trinajstić information content (AvgIpc) is 3.15. The fourth-order valence-corrected chi connectivity index (χ4v) is 2.94. The molecule has 0 aliphatic carbocycles. The summed E-state index contributed by atoms with van der Waals surface area (Å²) in [7, 11) is 0. The van der Waals surface area contributed by atoms with Crippen molar-refractivity contribution in [2.75, 3.05) is 13.1 Å². The summed E-state index contributed by atoms with van der Waals surface area (Å²) in [6.07, 6.45) is 4.00. The molecule has 3 heterocycles. The molecule has 0 spiro atoms. The molecule has 1 amide bonds. The van der Waals surface area contributed by atoms with Gasteiger partial charge in [-0.05, 0) is 25.0 Å². The molecule has 1 N–H and O–H groups in total. The van der Waals surface area contributed by atoms with Crippen LogP contribution in [0, 0.1) is 0 Å². The lowest BCUT2D eigenvalue weighted by Gasteiger charge is -2.13. The van der Waals surface area contributed by atoms with Crippen molar-refractivity contribution in [3.8, 4) is 0 Å². The predicted molar refractivity (Wildman–Crippen MR) is 78.7 cm³/mol. The Bertz CT molecular complexity index is 800. The molecule has 3 aromatic rings. The number of nitrogens with one attached hydrogen (secondary N) is 1. The van der Waals surface area contributed by atoms with Crippen LogP contribution >= 0.6 is 0 Å². The molecule has 1 saturated heterocycles. The van der Waals surface area contributed by atoms with Crippen molar-refractivity contribution in [3.63, 3.8) is 0 Å². The van der Waals surface area contributed by atoms with E-state index in [1.54, 1.807) is 6.20 Å². The van der Waals surface area contributed by atoms with Gasteiger partial charge in [-0.25, -0.2) is 0 Å². The number of rotatable bonds is 1. The Hall–Kier alpha value is -2.36. The van der Waals surface area contributed by atoms with E-state index in [4.69, 9.17) is 0 Å². The molecule has 4 heteroatoms. The second-order valence-electron chi connectivity index (χ2n) is 5.29. The van der Waals surface area contributed by atoms with Crippen LogP contribution in [0.15, 0.2) is 36.5 Å². The fourth-order valence-electron chi connectivity index (χ4n) is 2.94. The Morgan fingerprint density at radius 1 is 1.15 bits per heavy atom. The van der Waals surface area contributed by atoms with Crippen LogP contribution in [0.1, 0.15) is 23.3 Å². The molecule has 1 aromatic carbocycles. The summed E-state index contributed by atoms with van der Waals surface area (Å²) in [6.45, 7) is 1.74. The Kier molecular flexibility index (Phi) is 2.49. The van der Waals surface area contributed by atoms with Gasteiger partial charge in [0.25, 0.3) is 5.91 Å². The number of aromatic amines is 1. The highest BCUT2D eigenvalue weighted by Crippen LogP contribution is 2.24. The van der Waals surface area contributed by atoms with Crippen LogP contribution in [0.25, 0.3) is 21.8 Å². The van der Waals surface area contributed by atoms with Crippen LogP contribution in [-0.2, 0) is 0 Å². The number of H-pyrrole nitrogens is 1. The topological polar surface area (TPSA) is 49.0 Å². The van der Waals surface area contributed by atoms with Gasteiger partial charge in [0.2, 0.25) is 0 Å². The second kappa shape index (κ2) is 4.34. The van der Waals surface area contributed by atoms with E-state index in [-0.39, 0.29) is 5.91 Å². The molecule has 1 aliphatic rings. The van der Waals surface area contributed by atoms with Crippen LogP contribution in [0.3, 0.4) is 0 Å². The van der Waals surface area contributed by atoms with Crippen molar-refractivity contribution < 1.29 is 4.79 Å². The fraction of sp³-hybridized carbons (Fsp3) is 0.250. The zero-order valence-corrected chi connectivity index (χ0v) is 11.1.